The van der Waals surface area contributed by atoms with Gasteiger partial charge in [0, 0.05) is 18.2 Å². The first-order valence-electron chi connectivity index (χ1n) is 9.39. The van der Waals surface area contributed by atoms with Crippen LogP contribution in [-0.2, 0) is 11.3 Å². The number of hydrogen-bond acceptors (Lipinski definition) is 5. The first-order chi connectivity index (χ1) is 14.5. The third kappa shape index (κ3) is 5.44. The molecule has 0 aliphatic carbocycles. The Morgan fingerprint density at radius 3 is 2.40 bits per heavy atom. The number of nitrogens with zero attached hydrogens (tertiary/aromatic N) is 2. The Kier molecular flexibility index (Phi) is 6.79. The van der Waals surface area contributed by atoms with Crippen molar-refractivity contribution in [2.45, 2.75) is 19.6 Å². The number of aromatic nitrogens is 2. The molecule has 3 rings (SSSR count). The van der Waals surface area contributed by atoms with Gasteiger partial charge in [-0.25, -0.2) is 9.07 Å². The Morgan fingerprint density at radius 1 is 1.07 bits per heavy atom. The van der Waals surface area contributed by atoms with Gasteiger partial charge in [-0.1, -0.05) is 0 Å². The number of benzene rings is 2. The Morgan fingerprint density at radius 2 is 1.73 bits per heavy atom. The standard InChI is InChI=1S/C22H22FN3O4/c1-15(30-19-9-5-17(23)6-10-19)22(28)24-13-14-26-21(27)12-11-20(25-26)16-3-7-18(29-2)8-4-16/h3-12,15H,13-14H2,1-2H3,(H,24,28). The topological polar surface area (TPSA) is 82.5 Å². The lowest BCUT2D eigenvalue weighted by Gasteiger charge is -2.15. The summed E-state index contributed by atoms with van der Waals surface area (Å²) in [5.74, 6) is 0.392. The summed E-state index contributed by atoms with van der Waals surface area (Å²) in [5.41, 5.74) is 1.21. The number of nitrogens with one attached hydrogen (secondary N) is 1. The molecule has 1 atom stereocenters. The largest absolute Gasteiger partial charge is 0.497 e. The van der Waals surface area contributed by atoms with E-state index in [4.69, 9.17) is 9.47 Å². The Hall–Kier alpha value is -3.68. The lowest BCUT2D eigenvalue weighted by molar-refractivity contribution is -0.127. The van der Waals surface area contributed by atoms with E-state index < -0.39 is 6.10 Å². The van der Waals surface area contributed by atoms with Gasteiger partial charge in [0.05, 0.1) is 19.3 Å². The normalized spacial score (nSPS) is 11.6. The number of carbonyl (C=O) groups excluding carboxylic acids is 1. The van der Waals surface area contributed by atoms with Crippen LogP contribution in [0.3, 0.4) is 0 Å². The monoisotopic (exact) mass is 411 g/mol. The van der Waals surface area contributed by atoms with E-state index in [1.54, 1.807) is 20.1 Å². The second-order valence-electron chi connectivity index (χ2n) is 6.51. The molecule has 0 spiro atoms. The molecule has 1 N–H and O–H groups in total. The first-order valence-corrected chi connectivity index (χ1v) is 9.39. The molecule has 0 radical (unpaired) electrons. The fourth-order valence-corrected chi connectivity index (χ4v) is 2.72. The summed E-state index contributed by atoms with van der Waals surface area (Å²) in [6.45, 7) is 2.00. The van der Waals surface area contributed by atoms with Crippen molar-refractivity contribution < 1.29 is 18.7 Å². The second-order valence-corrected chi connectivity index (χ2v) is 6.51. The molecule has 1 aromatic heterocycles. The van der Waals surface area contributed by atoms with Crippen molar-refractivity contribution in [1.82, 2.24) is 15.1 Å². The molecule has 1 amide bonds. The molecule has 7 nitrogen and oxygen atoms in total. The van der Waals surface area contributed by atoms with Crippen LogP contribution in [0, 0.1) is 5.82 Å². The van der Waals surface area contributed by atoms with Crippen molar-refractivity contribution in [2.75, 3.05) is 13.7 Å². The molecule has 2 aromatic carbocycles. The van der Waals surface area contributed by atoms with Crippen molar-refractivity contribution in [3.8, 4) is 22.8 Å². The fraction of sp³-hybridized carbons (Fsp3) is 0.227. The predicted octanol–water partition coefficient (Wildman–Crippen LogP) is 2.64. The number of halogens is 1. The molecule has 0 saturated carbocycles. The van der Waals surface area contributed by atoms with Crippen LogP contribution in [0.1, 0.15) is 6.92 Å². The van der Waals surface area contributed by atoms with Gasteiger partial charge in [0.2, 0.25) is 0 Å². The van der Waals surface area contributed by atoms with E-state index in [-0.39, 0.29) is 30.4 Å². The molecule has 0 saturated heterocycles. The van der Waals surface area contributed by atoms with E-state index in [1.165, 1.54) is 35.0 Å². The molecule has 30 heavy (non-hydrogen) atoms. The average molecular weight is 411 g/mol. The van der Waals surface area contributed by atoms with Gasteiger partial charge in [-0.3, -0.25) is 9.59 Å². The third-order valence-corrected chi connectivity index (χ3v) is 4.37. The molecular weight excluding hydrogens is 389 g/mol. The van der Waals surface area contributed by atoms with E-state index >= 15 is 0 Å². The minimum atomic E-state index is -0.772. The average Bonchev–Trinajstić information content (AvgIpc) is 2.76. The lowest BCUT2D eigenvalue weighted by atomic mass is 10.1. The summed E-state index contributed by atoms with van der Waals surface area (Å²) in [7, 11) is 1.59. The number of rotatable bonds is 8. The molecule has 1 unspecified atom stereocenters. The number of amides is 1. The van der Waals surface area contributed by atoms with Gasteiger partial charge in [-0.05, 0) is 61.5 Å². The van der Waals surface area contributed by atoms with Gasteiger partial charge >= 0.3 is 0 Å². The maximum absolute atomic E-state index is 12.9. The smallest absolute Gasteiger partial charge is 0.266 e. The molecule has 0 fully saturated rings. The van der Waals surface area contributed by atoms with E-state index in [2.05, 4.69) is 10.4 Å². The molecular formula is C22H22FN3O4. The number of methoxy groups -OCH3 is 1. The molecule has 1 heterocycles. The van der Waals surface area contributed by atoms with Gasteiger partial charge in [0.25, 0.3) is 11.5 Å². The highest BCUT2D eigenvalue weighted by Crippen LogP contribution is 2.19. The van der Waals surface area contributed by atoms with Crippen LogP contribution in [0.15, 0.2) is 65.5 Å². The second kappa shape index (κ2) is 9.69. The summed E-state index contributed by atoms with van der Waals surface area (Å²) in [5, 5.41) is 7.07. The molecule has 0 bridgehead atoms. The van der Waals surface area contributed by atoms with Gasteiger partial charge in [-0.2, -0.15) is 5.10 Å². The molecule has 0 aliphatic heterocycles. The molecule has 156 valence electrons. The van der Waals surface area contributed by atoms with Crippen LogP contribution in [0.2, 0.25) is 0 Å². The van der Waals surface area contributed by atoms with Crippen LogP contribution >= 0.6 is 0 Å². The van der Waals surface area contributed by atoms with Crippen LogP contribution in [0.25, 0.3) is 11.3 Å². The Balaban J connectivity index is 1.57. The molecule has 3 aromatic rings. The van der Waals surface area contributed by atoms with Gasteiger partial charge in [0.15, 0.2) is 6.10 Å². The quantitative estimate of drug-likeness (QED) is 0.616. The number of hydrogen-bond donors (Lipinski definition) is 1. The van der Waals surface area contributed by atoms with Crippen molar-refractivity contribution in [3.63, 3.8) is 0 Å². The minimum absolute atomic E-state index is 0.203. The SMILES string of the molecule is COc1ccc(-c2ccc(=O)n(CCNC(=O)C(C)Oc3ccc(F)cc3)n2)cc1. The highest BCUT2D eigenvalue weighted by atomic mass is 19.1. The first kappa shape index (κ1) is 21.0. The van der Waals surface area contributed by atoms with Crippen LogP contribution in [0.4, 0.5) is 4.39 Å². The lowest BCUT2D eigenvalue weighted by Crippen LogP contribution is -2.39. The van der Waals surface area contributed by atoms with E-state index in [0.29, 0.717) is 11.4 Å². The molecule has 8 heteroatoms. The van der Waals surface area contributed by atoms with Crippen molar-refractivity contribution in [3.05, 3.63) is 76.8 Å². The van der Waals surface area contributed by atoms with Crippen molar-refractivity contribution in [1.29, 1.82) is 0 Å². The fourth-order valence-electron chi connectivity index (χ4n) is 2.72. The van der Waals surface area contributed by atoms with Gasteiger partial charge < -0.3 is 14.8 Å². The highest BCUT2D eigenvalue weighted by Gasteiger charge is 2.14. The molecule has 0 aliphatic rings. The van der Waals surface area contributed by atoms with Gasteiger partial charge in [-0.15, -0.1) is 0 Å². The zero-order valence-electron chi connectivity index (χ0n) is 16.7. The zero-order valence-corrected chi connectivity index (χ0v) is 16.7. The third-order valence-electron chi connectivity index (χ3n) is 4.37. The maximum atomic E-state index is 12.9. The minimum Gasteiger partial charge on any atom is -0.497 e. The van der Waals surface area contributed by atoms with E-state index in [9.17, 15) is 14.0 Å². The summed E-state index contributed by atoms with van der Waals surface area (Å²) in [6, 6.07) is 15.8. The number of carbonyl (C=O) groups is 1. The Labute approximate surface area is 173 Å². The maximum Gasteiger partial charge on any atom is 0.266 e. The van der Waals surface area contributed by atoms with Crippen LogP contribution < -0.4 is 20.3 Å². The summed E-state index contributed by atoms with van der Waals surface area (Å²) < 4.78 is 24.9. The van der Waals surface area contributed by atoms with E-state index in [0.717, 1.165) is 11.3 Å². The number of ether oxygens (including phenoxy) is 2. The van der Waals surface area contributed by atoms with Gasteiger partial charge in [0.1, 0.15) is 17.3 Å². The summed E-state index contributed by atoms with van der Waals surface area (Å²) in [6.07, 6.45) is -0.772. The van der Waals surface area contributed by atoms with Crippen molar-refractivity contribution in [2.24, 2.45) is 0 Å². The summed E-state index contributed by atoms with van der Waals surface area (Å²) in [4.78, 5) is 24.3. The van der Waals surface area contributed by atoms with Crippen LogP contribution in [0.5, 0.6) is 11.5 Å². The van der Waals surface area contributed by atoms with Crippen LogP contribution in [-0.4, -0.2) is 35.4 Å². The van der Waals surface area contributed by atoms with Crippen molar-refractivity contribution >= 4 is 5.91 Å². The zero-order chi connectivity index (χ0) is 21.5. The Bertz CT molecular complexity index is 1050. The van der Waals surface area contributed by atoms with E-state index in [1.807, 2.05) is 24.3 Å². The summed E-state index contributed by atoms with van der Waals surface area (Å²) >= 11 is 0. The predicted molar refractivity (Wildman–Crippen MR) is 110 cm³/mol. The highest BCUT2D eigenvalue weighted by molar-refractivity contribution is 5.80.